The Morgan fingerprint density at radius 2 is 2.44 bits per heavy atom. The van der Waals surface area contributed by atoms with E-state index in [1.165, 1.54) is 0 Å². The van der Waals surface area contributed by atoms with Gasteiger partial charge in [0.1, 0.15) is 5.82 Å². The third-order valence-electron chi connectivity index (χ3n) is 2.88. The van der Waals surface area contributed by atoms with Crippen molar-refractivity contribution in [1.29, 1.82) is 0 Å². The molecule has 0 N–H and O–H groups in total. The molecule has 4 nitrogen and oxygen atoms in total. The molecule has 1 aliphatic heterocycles. The third kappa shape index (κ3) is 1.79. The predicted molar refractivity (Wildman–Crippen MR) is 60.7 cm³/mol. The minimum absolute atomic E-state index is 0.295. The number of fused-ring (bicyclic) bond motifs is 1. The van der Waals surface area contributed by atoms with E-state index in [1.807, 2.05) is 22.7 Å². The van der Waals surface area contributed by atoms with Crippen molar-refractivity contribution in [2.75, 3.05) is 6.61 Å². The summed E-state index contributed by atoms with van der Waals surface area (Å²) in [5.74, 6) is 0.943. The van der Waals surface area contributed by atoms with E-state index in [0.29, 0.717) is 11.1 Å². The lowest BCUT2D eigenvalue weighted by Gasteiger charge is -2.07. The molecule has 16 heavy (non-hydrogen) atoms. The van der Waals surface area contributed by atoms with Crippen molar-refractivity contribution in [2.24, 2.45) is 0 Å². The Hall–Kier alpha value is -1.13. The molecule has 3 heterocycles. The standard InChI is InChI=1S/C11H12ClN3O/c12-8-3-4-15-10(6-8)13-14-11(15)7-9-2-1-5-16-9/h3-4,6,9H,1-2,5,7H2. The smallest absolute Gasteiger partial charge is 0.162 e. The molecule has 1 unspecified atom stereocenters. The highest BCUT2D eigenvalue weighted by atomic mass is 35.5. The van der Waals surface area contributed by atoms with Crippen molar-refractivity contribution in [1.82, 2.24) is 14.6 Å². The number of ether oxygens (including phenoxy) is 1. The Balaban J connectivity index is 1.91. The molecule has 1 saturated heterocycles. The van der Waals surface area contributed by atoms with Gasteiger partial charge in [-0.25, -0.2) is 0 Å². The molecule has 0 amide bonds. The van der Waals surface area contributed by atoms with Gasteiger partial charge in [0, 0.05) is 30.3 Å². The van der Waals surface area contributed by atoms with Gasteiger partial charge in [0.05, 0.1) is 6.10 Å². The topological polar surface area (TPSA) is 39.4 Å². The first-order valence-corrected chi connectivity index (χ1v) is 5.81. The number of nitrogens with zero attached hydrogens (tertiary/aromatic N) is 3. The highest BCUT2D eigenvalue weighted by Gasteiger charge is 2.18. The fourth-order valence-electron chi connectivity index (χ4n) is 2.06. The molecular weight excluding hydrogens is 226 g/mol. The van der Waals surface area contributed by atoms with Crippen LogP contribution in [0, 0.1) is 0 Å². The van der Waals surface area contributed by atoms with Crippen LogP contribution in [0.3, 0.4) is 0 Å². The summed E-state index contributed by atoms with van der Waals surface area (Å²) >= 11 is 5.89. The van der Waals surface area contributed by atoms with E-state index in [2.05, 4.69) is 10.2 Å². The van der Waals surface area contributed by atoms with Crippen molar-refractivity contribution in [3.63, 3.8) is 0 Å². The lowest BCUT2D eigenvalue weighted by Crippen LogP contribution is -2.11. The molecule has 2 aromatic rings. The lowest BCUT2D eigenvalue weighted by atomic mass is 10.2. The zero-order chi connectivity index (χ0) is 11.0. The van der Waals surface area contributed by atoms with Crippen LogP contribution in [0.15, 0.2) is 18.3 Å². The number of hydrogen-bond donors (Lipinski definition) is 0. The second kappa shape index (κ2) is 4.03. The van der Waals surface area contributed by atoms with Crippen LogP contribution >= 0.6 is 11.6 Å². The second-order valence-corrected chi connectivity index (χ2v) is 4.46. The number of hydrogen-bond acceptors (Lipinski definition) is 3. The Bertz CT molecular complexity index is 505. The average Bonchev–Trinajstić information content (AvgIpc) is 2.89. The largest absolute Gasteiger partial charge is 0.378 e. The van der Waals surface area contributed by atoms with Gasteiger partial charge in [0.2, 0.25) is 0 Å². The van der Waals surface area contributed by atoms with Gasteiger partial charge >= 0.3 is 0 Å². The first-order valence-electron chi connectivity index (χ1n) is 5.44. The quantitative estimate of drug-likeness (QED) is 0.803. The summed E-state index contributed by atoms with van der Waals surface area (Å²) in [6.07, 6.45) is 5.28. The number of halogens is 1. The normalized spacial score (nSPS) is 20.7. The van der Waals surface area contributed by atoms with Gasteiger partial charge in [0.25, 0.3) is 0 Å². The Labute approximate surface area is 98.2 Å². The Morgan fingerprint density at radius 1 is 1.50 bits per heavy atom. The molecule has 0 aliphatic carbocycles. The van der Waals surface area contributed by atoms with Crippen LogP contribution in [0.5, 0.6) is 0 Å². The van der Waals surface area contributed by atoms with E-state index in [-0.39, 0.29) is 0 Å². The first-order chi connectivity index (χ1) is 7.83. The highest BCUT2D eigenvalue weighted by Crippen LogP contribution is 2.18. The van der Waals surface area contributed by atoms with Crippen molar-refractivity contribution in [2.45, 2.75) is 25.4 Å². The third-order valence-corrected chi connectivity index (χ3v) is 3.11. The minimum atomic E-state index is 0.295. The van der Waals surface area contributed by atoms with Crippen LogP contribution in [0.4, 0.5) is 0 Å². The van der Waals surface area contributed by atoms with Gasteiger partial charge in [-0.1, -0.05) is 11.6 Å². The summed E-state index contributed by atoms with van der Waals surface area (Å²) in [4.78, 5) is 0. The van der Waals surface area contributed by atoms with Crippen LogP contribution in [0.25, 0.3) is 5.65 Å². The van der Waals surface area contributed by atoms with Crippen LogP contribution in [0.1, 0.15) is 18.7 Å². The van der Waals surface area contributed by atoms with E-state index in [4.69, 9.17) is 16.3 Å². The molecule has 5 heteroatoms. The SMILES string of the molecule is Clc1ccn2c(CC3CCCO3)nnc2c1. The maximum absolute atomic E-state index is 5.89. The molecule has 84 valence electrons. The number of rotatable bonds is 2. The summed E-state index contributed by atoms with van der Waals surface area (Å²) in [7, 11) is 0. The van der Waals surface area contributed by atoms with Gasteiger partial charge in [-0.15, -0.1) is 10.2 Å². The molecule has 1 aliphatic rings. The van der Waals surface area contributed by atoms with Crippen molar-refractivity contribution in [3.8, 4) is 0 Å². The zero-order valence-electron chi connectivity index (χ0n) is 8.77. The summed E-state index contributed by atoms with van der Waals surface area (Å²) in [6, 6.07) is 3.66. The van der Waals surface area contributed by atoms with Crippen LogP contribution in [-0.2, 0) is 11.2 Å². The van der Waals surface area contributed by atoms with Gasteiger partial charge in [-0.05, 0) is 18.9 Å². The van der Waals surface area contributed by atoms with Crippen LogP contribution in [-0.4, -0.2) is 27.3 Å². The summed E-state index contributed by atoms with van der Waals surface area (Å²) in [5, 5.41) is 8.95. The first kappa shape index (κ1) is 10.1. The molecule has 0 saturated carbocycles. The molecule has 0 radical (unpaired) electrons. The maximum Gasteiger partial charge on any atom is 0.162 e. The fraction of sp³-hybridized carbons (Fsp3) is 0.455. The van der Waals surface area contributed by atoms with Crippen LogP contribution < -0.4 is 0 Å². The van der Waals surface area contributed by atoms with Crippen molar-refractivity contribution in [3.05, 3.63) is 29.2 Å². The molecule has 0 spiro atoms. The average molecular weight is 238 g/mol. The molecular formula is C11H12ClN3O. The van der Waals surface area contributed by atoms with Crippen molar-refractivity contribution < 1.29 is 4.74 Å². The van der Waals surface area contributed by atoms with Gasteiger partial charge in [-0.3, -0.25) is 4.40 Å². The molecule has 0 bridgehead atoms. The van der Waals surface area contributed by atoms with E-state index in [1.54, 1.807) is 0 Å². The van der Waals surface area contributed by atoms with Gasteiger partial charge < -0.3 is 4.74 Å². The Kier molecular flexibility index (Phi) is 2.53. The summed E-state index contributed by atoms with van der Waals surface area (Å²) in [5.41, 5.74) is 0.792. The number of aromatic nitrogens is 3. The van der Waals surface area contributed by atoms with Gasteiger partial charge in [0.15, 0.2) is 5.65 Å². The fourth-order valence-corrected chi connectivity index (χ4v) is 2.22. The zero-order valence-corrected chi connectivity index (χ0v) is 9.52. The maximum atomic E-state index is 5.89. The minimum Gasteiger partial charge on any atom is -0.378 e. The highest BCUT2D eigenvalue weighted by molar-refractivity contribution is 6.30. The lowest BCUT2D eigenvalue weighted by molar-refractivity contribution is 0.109. The number of pyridine rings is 1. The van der Waals surface area contributed by atoms with E-state index in [9.17, 15) is 0 Å². The molecule has 0 aromatic carbocycles. The second-order valence-electron chi connectivity index (χ2n) is 4.03. The molecule has 1 atom stereocenters. The molecule has 3 rings (SSSR count). The molecule has 2 aromatic heterocycles. The summed E-state index contributed by atoms with van der Waals surface area (Å²) in [6.45, 7) is 0.868. The van der Waals surface area contributed by atoms with Crippen molar-refractivity contribution >= 4 is 17.2 Å². The van der Waals surface area contributed by atoms with E-state index in [0.717, 1.165) is 37.3 Å². The molecule has 1 fully saturated rings. The summed E-state index contributed by atoms with van der Waals surface area (Å²) < 4.78 is 7.56. The van der Waals surface area contributed by atoms with Crippen LogP contribution in [0.2, 0.25) is 5.02 Å². The predicted octanol–water partition coefficient (Wildman–Crippen LogP) is 2.10. The van der Waals surface area contributed by atoms with E-state index >= 15 is 0 Å². The van der Waals surface area contributed by atoms with Gasteiger partial charge in [-0.2, -0.15) is 0 Å². The Morgan fingerprint density at radius 3 is 3.25 bits per heavy atom. The monoisotopic (exact) mass is 237 g/mol. The van der Waals surface area contributed by atoms with E-state index < -0.39 is 0 Å².